The van der Waals surface area contributed by atoms with Crippen molar-refractivity contribution >= 4 is 11.6 Å². The third-order valence-corrected chi connectivity index (χ3v) is 3.47. The number of hydrogen-bond donors (Lipinski definition) is 0. The van der Waals surface area contributed by atoms with Gasteiger partial charge in [-0.3, -0.25) is 4.98 Å². The zero-order chi connectivity index (χ0) is 15.9. The second kappa shape index (κ2) is 7.77. The van der Waals surface area contributed by atoms with E-state index in [-0.39, 0.29) is 0 Å². The van der Waals surface area contributed by atoms with Crippen molar-refractivity contribution in [2.24, 2.45) is 0 Å². The predicted octanol–water partition coefficient (Wildman–Crippen LogP) is 6.40. The molecule has 0 N–H and O–H groups in total. The summed E-state index contributed by atoms with van der Waals surface area (Å²) in [7, 11) is 0. The van der Waals surface area contributed by atoms with Gasteiger partial charge >= 0.3 is 0 Å². The van der Waals surface area contributed by atoms with Crippen molar-refractivity contribution in [3.8, 4) is 22.4 Å². The molecular formula is C20H20ClN. The van der Waals surface area contributed by atoms with Crippen molar-refractivity contribution < 1.29 is 0 Å². The van der Waals surface area contributed by atoms with Crippen LogP contribution in [0.5, 0.6) is 0 Å². The fourth-order valence-electron chi connectivity index (χ4n) is 2.22. The Morgan fingerprint density at radius 1 is 0.818 bits per heavy atom. The molecule has 0 atom stereocenters. The molecule has 3 aromatic rings. The third kappa shape index (κ3) is 3.75. The van der Waals surface area contributed by atoms with Crippen LogP contribution in [0, 0.1) is 6.92 Å². The monoisotopic (exact) mass is 309 g/mol. The summed E-state index contributed by atoms with van der Waals surface area (Å²) < 4.78 is 0. The van der Waals surface area contributed by atoms with Crippen LogP contribution in [-0.4, -0.2) is 4.98 Å². The van der Waals surface area contributed by atoms with Gasteiger partial charge in [-0.2, -0.15) is 0 Å². The van der Waals surface area contributed by atoms with Gasteiger partial charge in [0.25, 0.3) is 0 Å². The Morgan fingerprint density at radius 3 is 2.09 bits per heavy atom. The van der Waals surface area contributed by atoms with Gasteiger partial charge < -0.3 is 0 Å². The Hall–Kier alpha value is -2.12. The highest BCUT2D eigenvalue weighted by Crippen LogP contribution is 2.32. The number of nitrogens with zero attached hydrogens (tertiary/aromatic N) is 1. The van der Waals surface area contributed by atoms with E-state index in [1.807, 2.05) is 38.1 Å². The molecule has 0 fully saturated rings. The second-order valence-electron chi connectivity index (χ2n) is 4.78. The predicted molar refractivity (Wildman–Crippen MR) is 96.2 cm³/mol. The molecule has 22 heavy (non-hydrogen) atoms. The molecule has 1 aromatic heterocycles. The lowest BCUT2D eigenvalue weighted by Gasteiger charge is -2.10. The van der Waals surface area contributed by atoms with Crippen LogP contribution in [0.2, 0.25) is 5.02 Å². The number of hydrogen-bond acceptors (Lipinski definition) is 1. The van der Waals surface area contributed by atoms with E-state index in [0.717, 1.165) is 22.4 Å². The first-order valence-corrected chi connectivity index (χ1v) is 7.90. The van der Waals surface area contributed by atoms with Gasteiger partial charge in [-0.1, -0.05) is 85.6 Å². The fourth-order valence-corrected chi connectivity index (χ4v) is 2.38. The standard InChI is InChI=1S/C18H14ClN.C2H6/c1-13-7-9-15(10-8-13)18-17(11-16(19)12-20-18)14-5-3-2-4-6-14;1-2/h2-12H,1H3;1-2H3. The molecule has 0 unspecified atom stereocenters. The molecule has 0 aliphatic rings. The van der Waals surface area contributed by atoms with Crippen LogP contribution in [0.4, 0.5) is 0 Å². The zero-order valence-electron chi connectivity index (χ0n) is 13.2. The van der Waals surface area contributed by atoms with Gasteiger partial charge in [0.15, 0.2) is 0 Å². The van der Waals surface area contributed by atoms with Crippen LogP contribution in [0.3, 0.4) is 0 Å². The van der Waals surface area contributed by atoms with Crippen LogP contribution in [0.1, 0.15) is 19.4 Å². The molecule has 112 valence electrons. The van der Waals surface area contributed by atoms with Crippen molar-refractivity contribution in [1.29, 1.82) is 0 Å². The second-order valence-corrected chi connectivity index (χ2v) is 5.22. The topological polar surface area (TPSA) is 12.9 Å². The average molecular weight is 310 g/mol. The molecule has 0 bridgehead atoms. The Kier molecular flexibility index (Phi) is 5.74. The van der Waals surface area contributed by atoms with E-state index < -0.39 is 0 Å². The van der Waals surface area contributed by atoms with E-state index in [0.29, 0.717) is 5.02 Å². The molecule has 0 spiro atoms. The number of benzene rings is 2. The number of pyridine rings is 1. The third-order valence-electron chi connectivity index (χ3n) is 3.26. The minimum absolute atomic E-state index is 0.653. The minimum Gasteiger partial charge on any atom is -0.254 e. The lowest BCUT2D eigenvalue weighted by atomic mass is 9.99. The van der Waals surface area contributed by atoms with Gasteiger partial charge in [0, 0.05) is 17.3 Å². The van der Waals surface area contributed by atoms with Crippen molar-refractivity contribution in [3.63, 3.8) is 0 Å². The van der Waals surface area contributed by atoms with Crippen molar-refractivity contribution in [2.45, 2.75) is 20.8 Å². The molecule has 0 saturated heterocycles. The van der Waals surface area contributed by atoms with Crippen LogP contribution >= 0.6 is 11.6 Å². The maximum absolute atomic E-state index is 6.12. The summed E-state index contributed by atoms with van der Waals surface area (Å²) in [5.41, 5.74) is 5.48. The van der Waals surface area contributed by atoms with Crippen LogP contribution in [0.15, 0.2) is 66.9 Å². The molecule has 0 saturated carbocycles. The van der Waals surface area contributed by atoms with E-state index in [9.17, 15) is 0 Å². The highest BCUT2D eigenvalue weighted by atomic mass is 35.5. The molecule has 3 rings (SSSR count). The summed E-state index contributed by atoms with van der Waals surface area (Å²) in [6, 6.07) is 20.6. The lowest BCUT2D eigenvalue weighted by molar-refractivity contribution is 1.32. The Labute approximate surface area is 137 Å². The molecule has 0 aliphatic carbocycles. The van der Waals surface area contributed by atoms with Gasteiger partial charge in [-0.15, -0.1) is 0 Å². The average Bonchev–Trinajstić information content (AvgIpc) is 2.58. The molecule has 1 nitrogen and oxygen atoms in total. The normalized spacial score (nSPS) is 9.82. The first kappa shape index (κ1) is 16.3. The maximum Gasteiger partial charge on any atom is 0.0781 e. The largest absolute Gasteiger partial charge is 0.254 e. The van der Waals surface area contributed by atoms with Gasteiger partial charge in [0.1, 0.15) is 0 Å². The molecule has 2 aromatic carbocycles. The Morgan fingerprint density at radius 2 is 1.45 bits per heavy atom. The maximum atomic E-state index is 6.12. The molecule has 1 heterocycles. The van der Waals surface area contributed by atoms with Crippen molar-refractivity contribution in [3.05, 3.63) is 77.4 Å². The fraction of sp³-hybridized carbons (Fsp3) is 0.150. The summed E-state index contributed by atoms with van der Waals surface area (Å²) in [5.74, 6) is 0. The van der Waals surface area contributed by atoms with E-state index in [1.165, 1.54) is 5.56 Å². The first-order chi connectivity index (χ1) is 10.7. The van der Waals surface area contributed by atoms with E-state index in [4.69, 9.17) is 11.6 Å². The van der Waals surface area contributed by atoms with Gasteiger partial charge in [-0.25, -0.2) is 0 Å². The van der Waals surface area contributed by atoms with Crippen molar-refractivity contribution in [1.82, 2.24) is 4.98 Å². The summed E-state index contributed by atoms with van der Waals surface area (Å²) in [5, 5.41) is 0.653. The quantitative estimate of drug-likeness (QED) is 0.533. The summed E-state index contributed by atoms with van der Waals surface area (Å²) in [6.07, 6.45) is 1.70. The summed E-state index contributed by atoms with van der Waals surface area (Å²) in [6.45, 7) is 6.08. The Balaban J connectivity index is 0.000000847. The number of aryl methyl sites for hydroxylation is 1. The number of halogens is 1. The lowest BCUT2D eigenvalue weighted by Crippen LogP contribution is -1.89. The van der Waals surface area contributed by atoms with Crippen LogP contribution in [-0.2, 0) is 0 Å². The highest BCUT2D eigenvalue weighted by molar-refractivity contribution is 6.30. The Bertz CT molecular complexity index is 718. The number of rotatable bonds is 2. The smallest absolute Gasteiger partial charge is 0.0781 e. The van der Waals surface area contributed by atoms with Gasteiger partial charge in [-0.05, 0) is 18.6 Å². The SMILES string of the molecule is CC.Cc1ccc(-c2ncc(Cl)cc2-c2ccccc2)cc1. The van der Waals surface area contributed by atoms with E-state index in [2.05, 4.69) is 48.3 Å². The minimum atomic E-state index is 0.653. The molecular weight excluding hydrogens is 290 g/mol. The van der Waals surface area contributed by atoms with Crippen molar-refractivity contribution in [2.75, 3.05) is 0 Å². The molecule has 2 heteroatoms. The van der Waals surface area contributed by atoms with E-state index in [1.54, 1.807) is 6.20 Å². The zero-order valence-corrected chi connectivity index (χ0v) is 13.9. The van der Waals surface area contributed by atoms with Crippen LogP contribution in [0.25, 0.3) is 22.4 Å². The van der Waals surface area contributed by atoms with Crippen LogP contribution < -0.4 is 0 Å². The number of aromatic nitrogens is 1. The van der Waals surface area contributed by atoms with Gasteiger partial charge in [0.2, 0.25) is 0 Å². The summed E-state index contributed by atoms with van der Waals surface area (Å²) in [4.78, 5) is 4.52. The molecule has 0 radical (unpaired) electrons. The van der Waals surface area contributed by atoms with Gasteiger partial charge in [0.05, 0.1) is 10.7 Å². The first-order valence-electron chi connectivity index (χ1n) is 7.52. The van der Waals surface area contributed by atoms with E-state index >= 15 is 0 Å². The molecule has 0 amide bonds. The highest BCUT2D eigenvalue weighted by Gasteiger charge is 2.09. The summed E-state index contributed by atoms with van der Waals surface area (Å²) >= 11 is 6.12. The molecule has 0 aliphatic heterocycles.